The third kappa shape index (κ3) is 6.55. The van der Waals surface area contributed by atoms with Crippen molar-refractivity contribution < 1.29 is 4.79 Å². The van der Waals surface area contributed by atoms with Crippen molar-refractivity contribution in [2.24, 2.45) is 5.92 Å². The molecule has 0 aliphatic rings. The van der Waals surface area contributed by atoms with Gasteiger partial charge >= 0.3 is 0 Å². The highest BCUT2D eigenvalue weighted by atomic mass is 35.5. The number of amides is 1. The lowest BCUT2D eigenvalue weighted by Gasteiger charge is -1.99. The van der Waals surface area contributed by atoms with Gasteiger partial charge in [-0.3, -0.25) is 4.79 Å². The Labute approximate surface area is 112 Å². The van der Waals surface area contributed by atoms with E-state index in [9.17, 15) is 4.79 Å². The van der Waals surface area contributed by atoms with Crippen molar-refractivity contribution in [1.29, 1.82) is 0 Å². The summed E-state index contributed by atoms with van der Waals surface area (Å²) in [4.78, 5) is 11.4. The number of nitrogens with zero attached hydrogens (tertiary/aromatic N) is 2. The zero-order chi connectivity index (χ0) is 12.0. The van der Waals surface area contributed by atoms with Crippen LogP contribution in [0.3, 0.4) is 0 Å². The van der Waals surface area contributed by atoms with E-state index in [1.807, 2.05) is 7.05 Å². The molecule has 0 saturated carbocycles. The molecule has 0 radical (unpaired) electrons. The highest BCUT2D eigenvalue weighted by Crippen LogP contribution is 2.18. The summed E-state index contributed by atoms with van der Waals surface area (Å²) in [5.41, 5.74) is 0. The number of carbonyl (C=O) groups excluding carboxylic acids is 1. The predicted molar refractivity (Wildman–Crippen MR) is 72.9 cm³/mol. The molecule has 2 N–H and O–H groups in total. The number of aromatic nitrogens is 2. The van der Waals surface area contributed by atoms with Crippen LogP contribution in [0.2, 0.25) is 0 Å². The second kappa shape index (κ2) is 8.38. The highest BCUT2D eigenvalue weighted by molar-refractivity contribution is 7.15. The maximum Gasteiger partial charge on any atom is 0.227 e. The molecule has 1 heterocycles. The quantitative estimate of drug-likeness (QED) is 0.831. The maximum atomic E-state index is 11.4. The number of carbonyl (C=O) groups is 1. The smallest absolute Gasteiger partial charge is 0.227 e. The molecule has 0 atom stereocenters. The Kier molecular flexibility index (Phi) is 8.03. The van der Waals surface area contributed by atoms with Crippen molar-refractivity contribution in [3.8, 4) is 0 Å². The summed E-state index contributed by atoms with van der Waals surface area (Å²) in [5, 5.41) is 15.2. The molecule has 1 aromatic heterocycles. The molecule has 5 nitrogen and oxygen atoms in total. The van der Waals surface area contributed by atoms with E-state index in [4.69, 9.17) is 0 Å². The SMILES string of the molecule is CNCCC(=O)Nc1nnc(CC(C)C)s1.Cl. The summed E-state index contributed by atoms with van der Waals surface area (Å²) in [5.74, 6) is 0.530. The van der Waals surface area contributed by atoms with Crippen LogP contribution in [0.4, 0.5) is 5.13 Å². The van der Waals surface area contributed by atoms with Crippen LogP contribution in [-0.2, 0) is 11.2 Å². The Balaban J connectivity index is 0.00000256. The number of rotatable bonds is 6. The monoisotopic (exact) mass is 278 g/mol. The summed E-state index contributed by atoms with van der Waals surface area (Å²) in [7, 11) is 1.82. The van der Waals surface area contributed by atoms with Crippen molar-refractivity contribution in [2.45, 2.75) is 26.7 Å². The number of anilines is 1. The fourth-order valence-corrected chi connectivity index (χ4v) is 2.12. The van der Waals surface area contributed by atoms with Gasteiger partial charge in [0.15, 0.2) is 0 Å². The zero-order valence-electron chi connectivity index (χ0n) is 10.3. The maximum absolute atomic E-state index is 11.4. The van der Waals surface area contributed by atoms with Crippen molar-refractivity contribution in [1.82, 2.24) is 15.5 Å². The third-order valence-electron chi connectivity index (χ3n) is 1.90. The van der Waals surface area contributed by atoms with Crippen LogP contribution < -0.4 is 10.6 Å². The molecule has 1 aromatic rings. The standard InChI is InChI=1S/C10H18N4OS.ClH/c1-7(2)6-9-13-14-10(16-9)12-8(15)4-5-11-3;/h7,11H,4-6H2,1-3H3,(H,12,14,15);1H. The van der Waals surface area contributed by atoms with Gasteiger partial charge in [0.05, 0.1) is 0 Å². The van der Waals surface area contributed by atoms with Crippen LogP contribution in [0.25, 0.3) is 0 Å². The van der Waals surface area contributed by atoms with Crippen molar-refractivity contribution in [3.05, 3.63) is 5.01 Å². The summed E-state index contributed by atoms with van der Waals surface area (Å²) >= 11 is 1.45. The van der Waals surface area contributed by atoms with Crippen LogP contribution in [0.5, 0.6) is 0 Å². The first-order valence-corrected chi connectivity index (χ1v) is 6.20. The molecule has 0 aromatic carbocycles. The minimum atomic E-state index is -0.0263. The second-order valence-electron chi connectivity index (χ2n) is 4.00. The van der Waals surface area contributed by atoms with Gasteiger partial charge in [0.2, 0.25) is 11.0 Å². The molecule has 1 amide bonds. The Morgan fingerprint density at radius 1 is 1.41 bits per heavy atom. The number of nitrogens with one attached hydrogen (secondary N) is 2. The molecule has 1 rings (SSSR count). The minimum Gasteiger partial charge on any atom is -0.319 e. The molecule has 0 saturated heterocycles. The summed E-state index contributed by atoms with van der Waals surface area (Å²) in [6.07, 6.45) is 1.36. The molecule has 0 bridgehead atoms. The third-order valence-corrected chi connectivity index (χ3v) is 2.76. The Morgan fingerprint density at radius 2 is 2.12 bits per heavy atom. The predicted octanol–water partition coefficient (Wildman–Crippen LogP) is 1.71. The Bertz CT molecular complexity index is 343. The van der Waals surface area contributed by atoms with Gasteiger partial charge in [0, 0.05) is 19.4 Å². The average Bonchev–Trinajstić information content (AvgIpc) is 2.61. The van der Waals surface area contributed by atoms with Crippen molar-refractivity contribution >= 4 is 34.8 Å². The van der Waals surface area contributed by atoms with Gasteiger partial charge in [0.25, 0.3) is 0 Å². The molecule has 0 fully saturated rings. The van der Waals surface area contributed by atoms with E-state index >= 15 is 0 Å². The van der Waals surface area contributed by atoms with E-state index in [-0.39, 0.29) is 18.3 Å². The molecule has 17 heavy (non-hydrogen) atoms. The topological polar surface area (TPSA) is 66.9 Å². The lowest BCUT2D eigenvalue weighted by molar-refractivity contribution is -0.116. The Hall–Kier alpha value is -0.720. The molecule has 0 unspecified atom stereocenters. The molecular formula is C10H19ClN4OS. The normalized spacial score (nSPS) is 10.1. The summed E-state index contributed by atoms with van der Waals surface area (Å²) in [6, 6.07) is 0. The van der Waals surface area contributed by atoms with Gasteiger partial charge in [0.1, 0.15) is 5.01 Å². The summed E-state index contributed by atoms with van der Waals surface area (Å²) < 4.78 is 0. The average molecular weight is 279 g/mol. The van der Waals surface area contributed by atoms with E-state index in [0.29, 0.717) is 24.0 Å². The van der Waals surface area contributed by atoms with Crippen molar-refractivity contribution in [3.63, 3.8) is 0 Å². The van der Waals surface area contributed by atoms with Crippen LogP contribution in [0.1, 0.15) is 25.3 Å². The number of halogens is 1. The molecule has 0 spiro atoms. The fraction of sp³-hybridized carbons (Fsp3) is 0.700. The second-order valence-corrected chi connectivity index (χ2v) is 5.06. The van der Waals surface area contributed by atoms with Crippen LogP contribution in [0, 0.1) is 5.92 Å². The van der Waals surface area contributed by atoms with E-state index in [0.717, 1.165) is 11.4 Å². The molecule has 0 aliphatic heterocycles. The molecule has 98 valence electrons. The summed E-state index contributed by atoms with van der Waals surface area (Å²) in [6.45, 7) is 4.93. The van der Waals surface area contributed by atoms with E-state index < -0.39 is 0 Å². The first kappa shape index (κ1) is 16.3. The van der Waals surface area contributed by atoms with Crippen LogP contribution in [0.15, 0.2) is 0 Å². The molecule has 0 aliphatic carbocycles. The number of hydrogen-bond donors (Lipinski definition) is 2. The molecule has 7 heteroatoms. The lowest BCUT2D eigenvalue weighted by Crippen LogP contribution is -2.18. The molecular weight excluding hydrogens is 260 g/mol. The lowest BCUT2D eigenvalue weighted by atomic mass is 10.1. The zero-order valence-corrected chi connectivity index (χ0v) is 12.0. The Morgan fingerprint density at radius 3 is 2.71 bits per heavy atom. The number of hydrogen-bond acceptors (Lipinski definition) is 5. The fourth-order valence-electron chi connectivity index (χ4n) is 1.16. The largest absolute Gasteiger partial charge is 0.319 e. The van der Waals surface area contributed by atoms with Crippen LogP contribution >= 0.6 is 23.7 Å². The highest BCUT2D eigenvalue weighted by Gasteiger charge is 2.08. The van der Waals surface area contributed by atoms with Crippen molar-refractivity contribution in [2.75, 3.05) is 18.9 Å². The van der Waals surface area contributed by atoms with Crippen LogP contribution in [-0.4, -0.2) is 29.7 Å². The first-order valence-electron chi connectivity index (χ1n) is 5.38. The van der Waals surface area contributed by atoms with Gasteiger partial charge in [-0.2, -0.15) is 0 Å². The van der Waals surface area contributed by atoms with E-state index in [2.05, 4.69) is 34.7 Å². The van der Waals surface area contributed by atoms with Gasteiger partial charge in [-0.15, -0.1) is 22.6 Å². The minimum absolute atomic E-state index is 0. The van der Waals surface area contributed by atoms with Gasteiger partial charge < -0.3 is 10.6 Å². The van der Waals surface area contributed by atoms with Gasteiger partial charge in [-0.05, 0) is 13.0 Å². The first-order chi connectivity index (χ1) is 7.61. The van der Waals surface area contributed by atoms with Gasteiger partial charge in [-0.25, -0.2) is 0 Å². The van der Waals surface area contributed by atoms with E-state index in [1.165, 1.54) is 11.3 Å². The van der Waals surface area contributed by atoms with Gasteiger partial charge in [-0.1, -0.05) is 25.2 Å². The van der Waals surface area contributed by atoms with E-state index in [1.54, 1.807) is 0 Å².